The summed E-state index contributed by atoms with van der Waals surface area (Å²) >= 11 is 0. The van der Waals surface area contributed by atoms with Crippen molar-refractivity contribution in [2.75, 3.05) is 14.2 Å². The molecule has 31 heavy (non-hydrogen) atoms. The monoisotopic (exact) mass is 419 g/mol. The lowest BCUT2D eigenvalue weighted by Crippen LogP contribution is -2.36. The Bertz CT molecular complexity index is 962. The average Bonchev–Trinajstić information content (AvgIpc) is 2.81. The number of hydrogen-bond acceptors (Lipinski definition) is 4. The highest BCUT2D eigenvalue weighted by molar-refractivity contribution is 5.95. The topological polar surface area (TPSA) is 48.0 Å². The molecule has 3 rings (SSSR count). The van der Waals surface area contributed by atoms with Crippen LogP contribution in [0.15, 0.2) is 72.8 Å². The number of amides is 1. The van der Waals surface area contributed by atoms with Crippen molar-refractivity contribution in [3.05, 3.63) is 89.5 Å². The minimum Gasteiger partial charge on any atom is -0.497 e. The van der Waals surface area contributed by atoms with Gasteiger partial charge in [0.15, 0.2) is 0 Å². The Morgan fingerprint density at radius 1 is 0.806 bits per heavy atom. The van der Waals surface area contributed by atoms with Gasteiger partial charge >= 0.3 is 0 Å². The summed E-state index contributed by atoms with van der Waals surface area (Å²) < 4.78 is 16.5. The van der Waals surface area contributed by atoms with E-state index in [1.54, 1.807) is 32.4 Å². The highest BCUT2D eigenvalue weighted by atomic mass is 16.5. The number of nitrogens with zero attached hydrogens (tertiary/aromatic N) is 1. The van der Waals surface area contributed by atoms with E-state index in [0.29, 0.717) is 30.2 Å². The number of hydrogen-bond donors (Lipinski definition) is 0. The third-order valence-electron chi connectivity index (χ3n) is 5.01. The number of ether oxygens (including phenoxy) is 3. The molecule has 0 aromatic heterocycles. The second-order valence-electron chi connectivity index (χ2n) is 7.55. The molecule has 0 aliphatic heterocycles. The van der Waals surface area contributed by atoms with Gasteiger partial charge in [0, 0.05) is 24.2 Å². The third kappa shape index (κ3) is 6.01. The van der Waals surface area contributed by atoms with Crippen molar-refractivity contribution in [1.82, 2.24) is 4.90 Å². The normalized spacial score (nSPS) is 10.6. The van der Waals surface area contributed by atoms with Crippen LogP contribution in [0.2, 0.25) is 0 Å². The lowest BCUT2D eigenvalue weighted by atomic mass is 10.1. The van der Waals surface area contributed by atoms with Crippen molar-refractivity contribution in [2.45, 2.75) is 33.0 Å². The van der Waals surface area contributed by atoms with E-state index < -0.39 is 0 Å². The summed E-state index contributed by atoms with van der Waals surface area (Å²) in [6, 6.07) is 23.2. The van der Waals surface area contributed by atoms with Crippen LogP contribution in [0.3, 0.4) is 0 Å². The number of carbonyl (C=O) groups excluding carboxylic acids is 1. The first-order valence-corrected chi connectivity index (χ1v) is 10.3. The van der Waals surface area contributed by atoms with E-state index in [4.69, 9.17) is 14.2 Å². The molecule has 0 saturated carbocycles. The number of methoxy groups -OCH3 is 2. The Hall–Kier alpha value is -3.47. The maximum Gasteiger partial charge on any atom is 0.254 e. The average molecular weight is 420 g/mol. The van der Waals surface area contributed by atoms with Gasteiger partial charge in [-0.15, -0.1) is 0 Å². The van der Waals surface area contributed by atoms with E-state index in [1.807, 2.05) is 73.3 Å². The van der Waals surface area contributed by atoms with E-state index in [-0.39, 0.29) is 11.9 Å². The zero-order chi connectivity index (χ0) is 22.2. The molecule has 0 spiro atoms. The zero-order valence-electron chi connectivity index (χ0n) is 18.5. The van der Waals surface area contributed by atoms with Crippen LogP contribution in [0.5, 0.6) is 17.2 Å². The molecule has 0 aliphatic carbocycles. The predicted molar refractivity (Wildman–Crippen MR) is 122 cm³/mol. The predicted octanol–water partition coefficient (Wildman–Crippen LogP) is 5.33. The highest BCUT2D eigenvalue weighted by Gasteiger charge is 2.20. The number of rotatable bonds is 9. The number of benzene rings is 3. The van der Waals surface area contributed by atoms with Gasteiger partial charge in [-0.3, -0.25) is 4.79 Å². The van der Waals surface area contributed by atoms with Crippen LogP contribution >= 0.6 is 0 Å². The van der Waals surface area contributed by atoms with Gasteiger partial charge in [0.2, 0.25) is 0 Å². The highest BCUT2D eigenvalue weighted by Crippen LogP contribution is 2.25. The molecule has 0 radical (unpaired) electrons. The largest absolute Gasteiger partial charge is 0.497 e. The summed E-state index contributed by atoms with van der Waals surface area (Å²) in [6.45, 7) is 5.03. The molecule has 0 fully saturated rings. The summed E-state index contributed by atoms with van der Waals surface area (Å²) in [5, 5.41) is 0. The van der Waals surface area contributed by atoms with E-state index in [0.717, 1.165) is 16.9 Å². The van der Waals surface area contributed by atoms with Crippen LogP contribution in [0.25, 0.3) is 0 Å². The van der Waals surface area contributed by atoms with Crippen LogP contribution in [0, 0.1) is 0 Å². The molecule has 0 unspecified atom stereocenters. The molecule has 0 N–H and O–H groups in total. The summed E-state index contributed by atoms with van der Waals surface area (Å²) in [7, 11) is 3.15. The van der Waals surface area contributed by atoms with E-state index in [9.17, 15) is 4.79 Å². The Morgan fingerprint density at radius 3 is 1.97 bits per heavy atom. The van der Waals surface area contributed by atoms with Gasteiger partial charge in [-0.25, -0.2) is 0 Å². The minimum atomic E-state index is -0.0726. The summed E-state index contributed by atoms with van der Waals surface area (Å²) in [4.78, 5) is 15.1. The third-order valence-corrected chi connectivity index (χ3v) is 5.01. The standard InChI is InChI=1S/C26H29NO4/c1-19(2)27(26(28)22-14-24(29-3)16-25(15-22)30-4)17-20-10-12-23(13-11-20)31-18-21-8-6-5-7-9-21/h5-16,19H,17-18H2,1-4H3. The van der Waals surface area contributed by atoms with Gasteiger partial charge in [-0.05, 0) is 49.2 Å². The van der Waals surface area contributed by atoms with Crippen LogP contribution in [-0.2, 0) is 13.2 Å². The maximum absolute atomic E-state index is 13.2. The summed E-state index contributed by atoms with van der Waals surface area (Å²) in [5.41, 5.74) is 2.69. The van der Waals surface area contributed by atoms with Crippen molar-refractivity contribution in [3.63, 3.8) is 0 Å². The Labute approximate surface area is 184 Å². The minimum absolute atomic E-state index is 0.0266. The molecule has 5 heteroatoms. The van der Waals surface area contributed by atoms with Crippen molar-refractivity contribution in [1.29, 1.82) is 0 Å². The van der Waals surface area contributed by atoms with Crippen LogP contribution < -0.4 is 14.2 Å². The number of carbonyl (C=O) groups is 1. The summed E-state index contributed by atoms with van der Waals surface area (Å²) in [5.74, 6) is 1.90. The fourth-order valence-electron chi connectivity index (χ4n) is 3.21. The van der Waals surface area contributed by atoms with Crippen LogP contribution in [0.1, 0.15) is 35.3 Å². The van der Waals surface area contributed by atoms with Crippen molar-refractivity contribution >= 4 is 5.91 Å². The molecular formula is C26H29NO4. The molecule has 162 valence electrons. The molecule has 3 aromatic rings. The first-order valence-electron chi connectivity index (χ1n) is 10.3. The Morgan fingerprint density at radius 2 is 1.42 bits per heavy atom. The molecule has 0 saturated heterocycles. The van der Waals surface area contributed by atoms with Gasteiger partial charge in [0.25, 0.3) is 5.91 Å². The molecule has 5 nitrogen and oxygen atoms in total. The smallest absolute Gasteiger partial charge is 0.254 e. The molecule has 3 aromatic carbocycles. The molecule has 1 amide bonds. The van der Waals surface area contributed by atoms with Gasteiger partial charge < -0.3 is 19.1 Å². The first kappa shape index (κ1) is 22.2. The fraction of sp³-hybridized carbons (Fsp3) is 0.269. The second-order valence-corrected chi connectivity index (χ2v) is 7.55. The molecule has 0 heterocycles. The Kier molecular flexibility index (Phi) is 7.55. The van der Waals surface area contributed by atoms with Gasteiger partial charge in [-0.2, -0.15) is 0 Å². The van der Waals surface area contributed by atoms with Crippen molar-refractivity contribution < 1.29 is 19.0 Å². The van der Waals surface area contributed by atoms with Gasteiger partial charge in [0.1, 0.15) is 23.9 Å². The quantitative estimate of drug-likeness (QED) is 0.470. The van der Waals surface area contributed by atoms with Crippen molar-refractivity contribution in [2.24, 2.45) is 0 Å². The lowest BCUT2D eigenvalue weighted by molar-refractivity contribution is 0.0689. The van der Waals surface area contributed by atoms with Gasteiger partial charge in [0.05, 0.1) is 14.2 Å². The van der Waals surface area contributed by atoms with E-state index in [1.165, 1.54) is 0 Å². The van der Waals surface area contributed by atoms with Gasteiger partial charge in [-0.1, -0.05) is 42.5 Å². The van der Waals surface area contributed by atoms with Crippen LogP contribution in [0.4, 0.5) is 0 Å². The van der Waals surface area contributed by atoms with E-state index in [2.05, 4.69) is 0 Å². The van der Waals surface area contributed by atoms with Crippen molar-refractivity contribution in [3.8, 4) is 17.2 Å². The molecule has 0 bridgehead atoms. The van der Waals surface area contributed by atoms with E-state index >= 15 is 0 Å². The first-order chi connectivity index (χ1) is 15.0. The molecule has 0 atom stereocenters. The maximum atomic E-state index is 13.2. The summed E-state index contributed by atoms with van der Waals surface area (Å²) in [6.07, 6.45) is 0. The van der Waals surface area contributed by atoms with Crippen LogP contribution in [-0.4, -0.2) is 31.1 Å². The zero-order valence-corrected chi connectivity index (χ0v) is 18.5. The second kappa shape index (κ2) is 10.5. The molecular weight excluding hydrogens is 390 g/mol. The fourth-order valence-corrected chi connectivity index (χ4v) is 3.21. The molecule has 0 aliphatic rings. The lowest BCUT2D eigenvalue weighted by Gasteiger charge is -2.27. The SMILES string of the molecule is COc1cc(OC)cc(C(=O)N(Cc2ccc(OCc3ccccc3)cc2)C(C)C)c1. The Balaban J connectivity index is 1.70.